The van der Waals surface area contributed by atoms with Gasteiger partial charge in [0.15, 0.2) is 0 Å². The molecule has 0 amide bonds. The molecule has 2 rings (SSSR count). The summed E-state index contributed by atoms with van der Waals surface area (Å²) in [7, 11) is 0. The first kappa shape index (κ1) is 23.4. The first-order chi connectivity index (χ1) is 14.1. The van der Waals surface area contributed by atoms with E-state index in [1.54, 1.807) is 18.2 Å². The number of halogens is 5. The van der Waals surface area contributed by atoms with Crippen molar-refractivity contribution in [1.82, 2.24) is 0 Å². The van der Waals surface area contributed by atoms with Crippen molar-refractivity contribution >= 4 is 12.0 Å². The van der Waals surface area contributed by atoms with Crippen LogP contribution in [0.5, 0.6) is 5.75 Å². The highest BCUT2D eigenvalue weighted by Gasteiger charge is 2.42. The number of carboxylic acids is 1. The third kappa shape index (κ3) is 7.85. The number of alkyl halides is 5. The number of carboxylic acid groups (broad SMARTS) is 1. The zero-order valence-corrected chi connectivity index (χ0v) is 16.0. The van der Waals surface area contributed by atoms with Crippen molar-refractivity contribution in [3.63, 3.8) is 0 Å². The van der Waals surface area contributed by atoms with E-state index >= 15 is 0 Å². The van der Waals surface area contributed by atoms with E-state index in [9.17, 15) is 31.9 Å². The second-order valence-corrected chi connectivity index (χ2v) is 6.71. The molecule has 0 bridgehead atoms. The minimum Gasteiger partial charge on any atom is -0.478 e. The molecular formula is C22H21F5O3. The van der Waals surface area contributed by atoms with Crippen molar-refractivity contribution in [3.05, 3.63) is 71.3 Å². The molecular weight excluding hydrogens is 407 g/mol. The molecule has 0 aliphatic heterocycles. The molecule has 2 aromatic rings. The van der Waals surface area contributed by atoms with Crippen molar-refractivity contribution in [2.24, 2.45) is 0 Å². The van der Waals surface area contributed by atoms with Gasteiger partial charge >= 0.3 is 18.3 Å². The lowest BCUT2D eigenvalue weighted by atomic mass is 10.1. The fourth-order valence-electron chi connectivity index (χ4n) is 2.74. The normalized spacial score (nSPS) is 12.6. The van der Waals surface area contributed by atoms with E-state index in [4.69, 9.17) is 0 Å². The first-order valence-electron chi connectivity index (χ1n) is 9.30. The number of carbonyl (C=O) groups is 1. The van der Waals surface area contributed by atoms with Crippen LogP contribution in [0.2, 0.25) is 0 Å². The molecule has 0 fully saturated rings. The standard InChI is InChI=1S/C22H21F5O3/c23-21(24,25)14-6-2-5-7-16-10-12-18(13-11-16)30-22(26,27)19(20(28)29)15-17-8-3-1-4-9-17/h1,3-4,8-13,15H,2,5-7,14H2,(H,28,29)/b19-15+. The van der Waals surface area contributed by atoms with Gasteiger partial charge in [-0.1, -0.05) is 48.9 Å². The summed E-state index contributed by atoms with van der Waals surface area (Å²) in [6.45, 7) is 0. The number of benzene rings is 2. The quantitative estimate of drug-likeness (QED) is 0.267. The Morgan fingerprint density at radius 1 is 0.900 bits per heavy atom. The molecule has 0 atom stereocenters. The molecule has 0 spiro atoms. The van der Waals surface area contributed by atoms with Gasteiger partial charge in [0, 0.05) is 6.42 Å². The van der Waals surface area contributed by atoms with Gasteiger partial charge in [0.2, 0.25) is 0 Å². The Kier molecular flexibility index (Phi) is 7.97. The van der Waals surface area contributed by atoms with E-state index in [-0.39, 0.29) is 12.2 Å². The molecule has 1 N–H and O–H groups in total. The van der Waals surface area contributed by atoms with Gasteiger partial charge in [-0.25, -0.2) is 4.79 Å². The summed E-state index contributed by atoms with van der Waals surface area (Å²) in [6, 6.07) is 13.4. The van der Waals surface area contributed by atoms with Crippen molar-refractivity contribution < 1.29 is 36.6 Å². The van der Waals surface area contributed by atoms with E-state index < -0.39 is 30.2 Å². The molecule has 0 aromatic heterocycles. The number of hydrogen-bond donors (Lipinski definition) is 1. The van der Waals surface area contributed by atoms with Crippen LogP contribution in [0.1, 0.15) is 36.8 Å². The number of aryl methyl sites for hydroxylation is 1. The van der Waals surface area contributed by atoms with Gasteiger partial charge in [-0.3, -0.25) is 0 Å². The summed E-state index contributed by atoms with van der Waals surface area (Å²) in [5, 5.41) is 9.18. The Hall–Kier alpha value is -2.90. The highest BCUT2D eigenvalue weighted by atomic mass is 19.4. The van der Waals surface area contributed by atoms with Gasteiger partial charge in [0.1, 0.15) is 11.3 Å². The van der Waals surface area contributed by atoms with E-state index in [0.717, 1.165) is 11.6 Å². The summed E-state index contributed by atoms with van der Waals surface area (Å²) < 4.78 is 69.8. The van der Waals surface area contributed by atoms with Crippen molar-refractivity contribution in [2.75, 3.05) is 0 Å². The molecule has 0 aliphatic rings. The molecule has 8 heteroatoms. The minimum atomic E-state index is -4.16. The first-order valence-corrected chi connectivity index (χ1v) is 9.30. The Balaban J connectivity index is 1.97. The topological polar surface area (TPSA) is 46.5 Å². The molecule has 162 valence electrons. The van der Waals surface area contributed by atoms with Gasteiger partial charge in [0.05, 0.1) is 0 Å². The predicted octanol–water partition coefficient (Wildman–Crippen LogP) is 6.49. The Bertz CT molecular complexity index is 843. The van der Waals surface area contributed by atoms with Crippen LogP contribution < -0.4 is 4.74 Å². The third-order valence-corrected chi connectivity index (χ3v) is 4.25. The summed E-state index contributed by atoms with van der Waals surface area (Å²) in [6.07, 6.45) is -6.72. The number of aliphatic carboxylic acids is 1. The lowest BCUT2D eigenvalue weighted by molar-refractivity contribution is -0.160. The van der Waals surface area contributed by atoms with Gasteiger partial charge < -0.3 is 9.84 Å². The van der Waals surface area contributed by atoms with Crippen LogP contribution in [-0.2, 0) is 11.2 Å². The van der Waals surface area contributed by atoms with Crippen LogP contribution in [0.25, 0.3) is 6.08 Å². The average molecular weight is 428 g/mol. The van der Waals surface area contributed by atoms with Crippen LogP contribution in [-0.4, -0.2) is 23.4 Å². The largest absolute Gasteiger partial charge is 0.478 e. The maximum Gasteiger partial charge on any atom is 0.433 e. The van der Waals surface area contributed by atoms with Gasteiger partial charge in [0.25, 0.3) is 0 Å². The maximum absolute atomic E-state index is 14.4. The lowest BCUT2D eigenvalue weighted by Gasteiger charge is -2.19. The number of rotatable bonds is 10. The highest BCUT2D eigenvalue weighted by molar-refractivity contribution is 5.93. The molecule has 0 saturated heterocycles. The monoisotopic (exact) mass is 428 g/mol. The third-order valence-electron chi connectivity index (χ3n) is 4.25. The summed E-state index contributed by atoms with van der Waals surface area (Å²) >= 11 is 0. The predicted molar refractivity (Wildman–Crippen MR) is 102 cm³/mol. The lowest BCUT2D eigenvalue weighted by Crippen LogP contribution is -2.31. The number of ether oxygens (including phenoxy) is 1. The minimum absolute atomic E-state index is 0.0443. The summed E-state index contributed by atoms with van der Waals surface area (Å²) in [5.74, 6) is -2.03. The SMILES string of the molecule is O=C(O)/C(=C\c1ccccc1)C(F)(F)Oc1ccc(CCCCCC(F)(F)F)cc1. The summed E-state index contributed by atoms with van der Waals surface area (Å²) in [4.78, 5) is 11.3. The van der Waals surface area contributed by atoms with E-state index in [0.29, 0.717) is 24.8 Å². The highest BCUT2D eigenvalue weighted by Crippen LogP contribution is 2.30. The van der Waals surface area contributed by atoms with Crippen molar-refractivity contribution in [2.45, 2.75) is 44.4 Å². The Morgan fingerprint density at radius 2 is 1.53 bits per heavy atom. The molecule has 0 unspecified atom stereocenters. The second kappa shape index (κ2) is 10.2. The molecule has 0 aliphatic carbocycles. The van der Waals surface area contributed by atoms with Crippen LogP contribution >= 0.6 is 0 Å². The molecule has 2 aromatic carbocycles. The molecule has 3 nitrogen and oxygen atoms in total. The maximum atomic E-state index is 14.4. The van der Waals surface area contributed by atoms with Gasteiger partial charge in [-0.2, -0.15) is 22.0 Å². The Morgan fingerprint density at radius 3 is 2.10 bits per heavy atom. The van der Waals surface area contributed by atoms with Gasteiger partial charge in [-0.15, -0.1) is 0 Å². The number of hydrogen-bond acceptors (Lipinski definition) is 2. The molecule has 30 heavy (non-hydrogen) atoms. The van der Waals surface area contributed by atoms with E-state index in [1.165, 1.54) is 36.4 Å². The number of unbranched alkanes of at least 4 members (excludes halogenated alkanes) is 2. The fourth-order valence-corrected chi connectivity index (χ4v) is 2.74. The van der Waals surface area contributed by atoms with E-state index in [2.05, 4.69) is 4.74 Å². The molecule has 0 saturated carbocycles. The Labute approximate surface area is 170 Å². The zero-order valence-electron chi connectivity index (χ0n) is 16.0. The van der Waals surface area contributed by atoms with Crippen molar-refractivity contribution in [3.8, 4) is 5.75 Å². The van der Waals surface area contributed by atoms with Gasteiger partial charge in [-0.05, 0) is 48.6 Å². The van der Waals surface area contributed by atoms with Crippen LogP contribution in [0.4, 0.5) is 22.0 Å². The average Bonchev–Trinajstić information content (AvgIpc) is 2.66. The molecule has 0 radical (unpaired) electrons. The van der Waals surface area contributed by atoms with Crippen LogP contribution in [0.15, 0.2) is 60.2 Å². The van der Waals surface area contributed by atoms with Crippen LogP contribution in [0.3, 0.4) is 0 Å². The second-order valence-electron chi connectivity index (χ2n) is 6.71. The van der Waals surface area contributed by atoms with Crippen LogP contribution in [0, 0.1) is 0 Å². The van der Waals surface area contributed by atoms with E-state index in [1.807, 2.05) is 0 Å². The smallest absolute Gasteiger partial charge is 0.433 e. The fraction of sp³-hybridized carbons (Fsp3) is 0.318. The zero-order chi connectivity index (χ0) is 22.2. The molecule has 0 heterocycles. The summed E-state index contributed by atoms with van der Waals surface area (Å²) in [5.41, 5.74) is -0.155. The van der Waals surface area contributed by atoms with Crippen molar-refractivity contribution in [1.29, 1.82) is 0 Å².